The molecule has 0 bridgehead atoms. The Morgan fingerprint density at radius 1 is 1.10 bits per heavy atom. The number of hydrogen-bond donors (Lipinski definition) is 1. The maximum atomic E-state index is 12.2. The van der Waals surface area contributed by atoms with Gasteiger partial charge < -0.3 is 5.32 Å². The molecule has 2 nitrogen and oxygen atoms in total. The van der Waals surface area contributed by atoms with Crippen LogP contribution in [0, 0.1) is 3.57 Å². The van der Waals surface area contributed by atoms with Crippen molar-refractivity contribution in [1.29, 1.82) is 0 Å². The minimum Gasteiger partial charge on any atom is -0.321 e. The van der Waals surface area contributed by atoms with Crippen LogP contribution in [0.25, 0.3) is 0 Å². The minimum atomic E-state index is -0.154. The first kappa shape index (κ1) is 16.3. The molecule has 0 aromatic heterocycles. The molecule has 2 rings (SSSR count). The molecule has 1 amide bonds. The predicted octanol–water partition coefficient (Wildman–Crippen LogP) is 5.49. The van der Waals surface area contributed by atoms with Gasteiger partial charge in [-0.2, -0.15) is 0 Å². The summed E-state index contributed by atoms with van der Waals surface area (Å²) in [4.78, 5) is 12.2. The van der Waals surface area contributed by atoms with Crippen molar-refractivity contribution in [3.63, 3.8) is 0 Å². The van der Waals surface area contributed by atoms with E-state index in [1.165, 1.54) is 5.56 Å². The van der Waals surface area contributed by atoms with Gasteiger partial charge in [0.1, 0.15) is 0 Å². The molecule has 0 radical (unpaired) electrons. The number of carbonyl (C=O) groups is 1. The van der Waals surface area contributed by atoms with Crippen LogP contribution in [0.3, 0.4) is 0 Å². The van der Waals surface area contributed by atoms with E-state index in [0.717, 1.165) is 3.57 Å². The van der Waals surface area contributed by atoms with Gasteiger partial charge in [0, 0.05) is 9.13 Å². The number of carbonyl (C=O) groups excluding carboxylic acids is 1. The maximum Gasteiger partial charge on any atom is 0.255 e. The number of nitrogens with one attached hydrogen (secondary N) is 1. The van der Waals surface area contributed by atoms with Crippen molar-refractivity contribution in [1.82, 2.24) is 0 Å². The normalized spacial score (nSPS) is 11.3. The number of amides is 1. The van der Waals surface area contributed by atoms with Crippen LogP contribution in [0.2, 0.25) is 5.02 Å². The minimum absolute atomic E-state index is 0.0778. The van der Waals surface area contributed by atoms with Crippen molar-refractivity contribution in [2.45, 2.75) is 26.2 Å². The fourth-order valence-electron chi connectivity index (χ4n) is 1.91. The second-order valence-corrected chi connectivity index (χ2v) is 7.56. The van der Waals surface area contributed by atoms with E-state index in [1.54, 1.807) is 0 Å². The lowest BCUT2D eigenvalue weighted by molar-refractivity contribution is 0.102. The van der Waals surface area contributed by atoms with Gasteiger partial charge in [0.2, 0.25) is 0 Å². The molecule has 0 aliphatic heterocycles. The lowest BCUT2D eigenvalue weighted by atomic mass is 9.87. The van der Waals surface area contributed by atoms with Gasteiger partial charge in [-0.25, -0.2) is 0 Å². The molecule has 0 atom stereocenters. The Labute approximate surface area is 144 Å². The fraction of sp³-hybridized carbons (Fsp3) is 0.235. The first-order chi connectivity index (χ1) is 9.77. The van der Waals surface area contributed by atoms with Crippen molar-refractivity contribution in [3.8, 4) is 0 Å². The SMILES string of the molecule is CC(C)(C)c1ccc(C(=O)Nc2ccc(I)cc2Cl)cc1. The average molecular weight is 414 g/mol. The number of hydrogen-bond acceptors (Lipinski definition) is 1. The van der Waals surface area contributed by atoms with E-state index in [4.69, 9.17) is 11.6 Å². The average Bonchev–Trinajstić information content (AvgIpc) is 2.41. The molecule has 2 aromatic rings. The van der Waals surface area contributed by atoms with E-state index in [9.17, 15) is 4.79 Å². The third-order valence-corrected chi connectivity index (χ3v) is 4.18. The van der Waals surface area contributed by atoms with Crippen LogP contribution < -0.4 is 5.32 Å². The number of anilines is 1. The summed E-state index contributed by atoms with van der Waals surface area (Å²) in [6.07, 6.45) is 0. The Morgan fingerprint density at radius 3 is 2.24 bits per heavy atom. The van der Waals surface area contributed by atoms with Gasteiger partial charge in [-0.1, -0.05) is 44.5 Å². The molecule has 110 valence electrons. The third kappa shape index (κ3) is 4.20. The fourth-order valence-corrected chi connectivity index (χ4v) is 2.81. The van der Waals surface area contributed by atoms with Crippen LogP contribution in [-0.4, -0.2) is 5.91 Å². The highest BCUT2D eigenvalue weighted by molar-refractivity contribution is 14.1. The van der Waals surface area contributed by atoms with Crippen LogP contribution in [-0.2, 0) is 5.41 Å². The van der Waals surface area contributed by atoms with E-state index >= 15 is 0 Å². The molecule has 0 aliphatic carbocycles. The van der Waals surface area contributed by atoms with Crippen LogP contribution in [0.1, 0.15) is 36.7 Å². The smallest absolute Gasteiger partial charge is 0.255 e. The Morgan fingerprint density at radius 2 is 1.71 bits per heavy atom. The Bertz CT molecular complexity index is 659. The van der Waals surface area contributed by atoms with Crippen LogP contribution in [0.15, 0.2) is 42.5 Å². The van der Waals surface area contributed by atoms with Gasteiger partial charge in [-0.05, 0) is 63.9 Å². The summed E-state index contributed by atoms with van der Waals surface area (Å²) in [6.45, 7) is 6.44. The van der Waals surface area contributed by atoms with E-state index in [1.807, 2.05) is 42.5 Å². The second-order valence-electron chi connectivity index (χ2n) is 5.91. The van der Waals surface area contributed by atoms with Crippen molar-refractivity contribution in [3.05, 3.63) is 62.2 Å². The van der Waals surface area contributed by atoms with E-state index in [0.29, 0.717) is 16.3 Å². The van der Waals surface area contributed by atoms with Gasteiger partial charge in [0.25, 0.3) is 5.91 Å². The summed E-state index contributed by atoms with van der Waals surface area (Å²) < 4.78 is 1.03. The molecule has 2 aromatic carbocycles. The van der Waals surface area contributed by atoms with Crippen LogP contribution >= 0.6 is 34.2 Å². The van der Waals surface area contributed by atoms with Crippen molar-refractivity contribution >= 4 is 45.8 Å². The summed E-state index contributed by atoms with van der Waals surface area (Å²) in [5, 5.41) is 3.38. The van der Waals surface area contributed by atoms with Crippen molar-refractivity contribution in [2.24, 2.45) is 0 Å². The molecule has 0 aliphatic rings. The van der Waals surface area contributed by atoms with E-state index in [-0.39, 0.29) is 11.3 Å². The third-order valence-electron chi connectivity index (χ3n) is 3.19. The van der Waals surface area contributed by atoms with Crippen molar-refractivity contribution < 1.29 is 4.79 Å². The topological polar surface area (TPSA) is 29.1 Å². The van der Waals surface area contributed by atoms with Gasteiger partial charge in [-0.3, -0.25) is 4.79 Å². The summed E-state index contributed by atoms with van der Waals surface area (Å²) >= 11 is 8.31. The first-order valence-electron chi connectivity index (χ1n) is 6.64. The molecule has 0 spiro atoms. The molecule has 0 saturated heterocycles. The van der Waals surface area contributed by atoms with E-state index in [2.05, 4.69) is 48.7 Å². The Kier molecular flexibility index (Phi) is 4.94. The number of benzene rings is 2. The first-order valence-corrected chi connectivity index (χ1v) is 8.10. The summed E-state index contributed by atoms with van der Waals surface area (Å²) in [7, 11) is 0. The Balaban J connectivity index is 2.17. The van der Waals surface area contributed by atoms with Crippen molar-refractivity contribution in [2.75, 3.05) is 5.32 Å². The lowest BCUT2D eigenvalue weighted by Crippen LogP contribution is -2.14. The molecule has 0 fully saturated rings. The monoisotopic (exact) mass is 413 g/mol. The molecule has 0 heterocycles. The van der Waals surface area contributed by atoms with Gasteiger partial charge >= 0.3 is 0 Å². The van der Waals surface area contributed by atoms with Gasteiger partial charge in [0.15, 0.2) is 0 Å². The highest BCUT2D eigenvalue weighted by Crippen LogP contribution is 2.25. The summed E-state index contributed by atoms with van der Waals surface area (Å²) in [5.74, 6) is -0.154. The van der Waals surface area contributed by atoms with Gasteiger partial charge in [0.05, 0.1) is 10.7 Å². The van der Waals surface area contributed by atoms with Crippen LogP contribution in [0.4, 0.5) is 5.69 Å². The van der Waals surface area contributed by atoms with Gasteiger partial charge in [-0.15, -0.1) is 0 Å². The molecule has 0 saturated carbocycles. The lowest BCUT2D eigenvalue weighted by Gasteiger charge is -2.19. The summed E-state index contributed by atoms with van der Waals surface area (Å²) in [6, 6.07) is 13.2. The molecular formula is C17H17ClINO. The zero-order chi connectivity index (χ0) is 15.6. The largest absolute Gasteiger partial charge is 0.321 e. The highest BCUT2D eigenvalue weighted by atomic mass is 127. The highest BCUT2D eigenvalue weighted by Gasteiger charge is 2.14. The summed E-state index contributed by atoms with van der Waals surface area (Å²) in [5.41, 5.74) is 2.53. The quantitative estimate of drug-likeness (QED) is 0.648. The molecule has 4 heteroatoms. The molecule has 21 heavy (non-hydrogen) atoms. The zero-order valence-electron chi connectivity index (χ0n) is 12.2. The molecular weight excluding hydrogens is 397 g/mol. The maximum absolute atomic E-state index is 12.2. The number of rotatable bonds is 2. The predicted molar refractivity (Wildman–Crippen MR) is 97.3 cm³/mol. The molecule has 0 unspecified atom stereocenters. The molecule has 1 N–H and O–H groups in total. The standard InChI is InChI=1S/C17H17ClINO/c1-17(2,3)12-6-4-11(5-7-12)16(21)20-15-9-8-13(19)10-14(15)18/h4-10H,1-3H3,(H,20,21). The Hall–Kier alpha value is -1.07. The number of halogens is 2. The van der Waals surface area contributed by atoms with E-state index < -0.39 is 0 Å². The zero-order valence-corrected chi connectivity index (χ0v) is 15.1. The second kappa shape index (κ2) is 6.36. The van der Waals surface area contributed by atoms with Crippen LogP contribution in [0.5, 0.6) is 0 Å².